The molecule has 2 heterocycles. The first kappa shape index (κ1) is 15.4. The number of aromatic nitrogens is 1. The van der Waals surface area contributed by atoms with Crippen molar-refractivity contribution in [3.63, 3.8) is 0 Å². The highest BCUT2D eigenvalue weighted by molar-refractivity contribution is 5.96. The third kappa shape index (κ3) is 2.48. The Morgan fingerprint density at radius 3 is 2.56 bits per heavy atom. The van der Waals surface area contributed by atoms with E-state index in [9.17, 15) is 4.79 Å². The highest BCUT2D eigenvalue weighted by Crippen LogP contribution is 2.38. The molecule has 0 bridgehead atoms. The van der Waals surface area contributed by atoms with Crippen molar-refractivity contribution in [3.8, 4) is 11.1 Å². The fraction of sp³-hybridized carbons (Fsp3) is 0.200. The van der Waals surface area contributed by atoms with Crippen LogP contribution < -0.4 is 10.2 Å². The molecule has 1 unspecified atom stereocenters. The number of fused-ring (bicyclic) bond motifs is 1. The largest absolute Gasteiger partial charge is 0.361 e. The first-order chi connectivity index (χ1) is 12.1. The smallest absolute Gasteiger partial charge is 0.322 e. The molecule has 1 aliphatic heterocycles. The average Bonchev–Trinajstić information content (AvgIpc) is 2.97. The van der Waals surface area contributed by atoms with E-state index in [-0.39, 0.29) is 12.1 Å². The normalized spacial score (nSPS) is 16.5. The number of benzene rings is 2. The number of nitrogens with zero attached hydrogens (tertiary/aromatic N) is 2. The van der Waals surface area contributed by atoms with Gasteiger partial charge in [-0.3, -0.25) is 4.90 Å². The maximum atomic E-state index is 12.4. The molecule has 0 radical (unpaired) electrons. The number of amides is 2. The minimum atomic E-state index is -0.180. The molecular formula is C20H19N3O2. The molecule has 3 aromatic rings. The highest BCUT2D eigenvalue weighted by atomic mass is 16.5. The summed E-state index contributed by atoms with van der Waals surface area (Å²) in [7, 11) is 1.78. The van der Waals surface area contributed by atoms with Crippen LogP contribution >= 0.6 is 0 Å². The van der Waals surface area contributed by atoms with Crippen molar-refractivity contribution in [1.82, 2.24) is 10.5 Å². The molecule has 1 N–H and O–H groups in total. The summed E-state index contributed by atoms with van der Waals surface area (Å²) < 4.78 is 5.31. The molecule has 5 heteroatoms. The number of hydrogen-bond donors (Lipinski definition) is 1. The zero-order valence-electron chi connectivity index (χ0n) is 14.4. The van der Waals surface area contributed by atoms with Gasteiger partial charge in [-0.05, 0) is 37.1 Å². The SMILES string of the molecule is Cc1noc(C)c1-c1ccc2c(c1)C(c1ccccc1)NC(=O)N2C. The molecule has 0 saturated carbocycles. The van der Waals surface area contributed by atoms with Gasteiger partial charge in [-0.25, -0.2) is 4.79 Å². The first-order valence-electron chi connectivity index (χ1n) is 8.22. The van der Waals surface area contributed by atoms with Gasteiger partial charge in [0, 0.05) is 18.2 Å². The van der Waals surface area contributed by atoms with E-state index in [1.807, 2.05) is 56.3 Å². The van der Waals surface area contributed by atoms with E-state index in [2.05, 4.69) is 16.5 Å². The number of rotatable bonds is 2. The summed E-state index contributed by atoms with van der Waals surface area (Å²) in [6.07, 6.45) is 0. The Bertz CT molecular complexity index is 927. The van der Waals surface area contributed by atoms with Crippen molar-refractivity contribution < 1.29 is 9.32 Å². The fourth-order valence-corrected chi connectivity index (χ4v) is 3.46. The summed E-state index contributed by atoms with van der Waals surface area (Å²) in [5.74, 6) is 0.793. The van der Waals surface area contributed by atoms with Crippen molar-refractivity contribution in [2.75, 3.05) is 11.9 Å². The molecule has 1 atom stereocenters. The molecule has 2 amide bonds. The van der Waals surface area contributed by atoms with Gasteiger partial charge in [-0.15, -0.1) is 0 Å². The van der Waals surface area contributed by atoms with Crippen molar-refractivity contribution in [2.24, 2.45) is 0 Å². The van der Waals surface area contributed by atoms with Crippen LogP contribution in [0.5, 0.6) is 0 Å². The lowest BCUT2D eigenvalue weighted by atomic mass is 9.91. The third-order valence-electron chi connectivity index (χ3n) is 4.73. The summed E-state index contributed by atoms with van der Waals surface area (Å²) >= 11 is 0. The summed E-state index contributed by atoms with van der Waals surface area (Å²) in [5, 5.41) is 7.14. The molecule has 0 aliphatic carbocycles. The highest BCUT2D eigenvalue weighted by Gasteiger charge is 2.30. The second-order valence-corrected chi connectivity index (χ2v) is 6.32. The van der Waals surface area contributed by atoms with Crippen LogP contribution in [0.4, 0.5) is 10.5 Å². The van der Waals surface area contributed by atoms with E-state index in [1.54, 1.807) is 11.9 Å². The number of carbonyl (C=O) groups excluding carboxylic acids is 1. The number of urea groups is 1. The Kier molecular flexibility index (Phi) is 3.57. The third-order valence-corrected chi connectivity index (χ3v) is 4.73. The lowest BCUT2D eigenvalue weighted by molar-refractivity contribution is 0.244. The van der Waals surface area contributed by atoms with Crippen LogP contribution in [0.1, 0.15) is 28.6 Å². The van der Waals surface area contributed by atoms with Gasteiger partial charge in [-0.2, -0.15) is 0 Å². The van der Waals surface area contributed by atoms with Crippen LogP contribution in [0.25, 0.3) is 11.1 Å². The summed E-state index contributed by atoms with van der Waals surface area (Å²) in [4.78, 5) is 14.0. The maximum Gasteiger partial charge on any atom is 0.322 e. The van der Waals surface area contributed by atoms with Crippen molar-refractivity contribution in [2.45, 2.75) is 19.9 Å². The molecule has 1 aromatic heterocycles. The lowest BCUT2D eigenvalue weighted by Gasteiger charge is -2.33. The molecule has 0 saturated heterocycles. The van der Waals surface area contributed by atoms with E-state index in [4.69, 9.17) is 4.52 Å². The average molecular weight is 333 g/mol. The van der Waals surface area contributed by atoms with Crippen LogP contribution in [0.3, 0.4) is 0 Å². The van der Waals surface area contributed by atoms with Gasteiger partial charge in [0.2, 0.25) is 0 Å². The van der Waals surface area contributed by atoms with Gasteiger partial charge in [0.15, 0.2) is 0 Å². The van der Waals surface area contributed by atoms with Gasteiger partial charge < -0.3 is 9.84 Å². The van der Waals surface area contributed by atoms with E-state index in [0.717, 1.165) is 39.4 Å². The summed E-state index contributed by atoms with van der Waals surface area (Å²) in [6, 6.07) is 15.8. The number of aryl methyl sites for hydroxylation is 2. The van der Waals surface area contributed by atoms with Crippen molar-refractivity contribution in [1.29, 1.82) is 0 Å². The summed E-state index contributed by atoms with van der Waals surface area (Å²) in [5.41, 5.74) is 5.94. The first-order valence-corrected chi connectivity index (χ1v) is 8.22. The molecule has 5 nitrogen and oxygen atoms in total. The Balaban J connectivity index is 1.90. The standard InChI is InChI=1S/C20H19N3O2/c1-12-18(13(2)25-22-12)15-9-10-17-16(11-15)19(21-20(24)23(17)3)14-7-5-4-6-8-14/h4-11,19H,1-3H3,(H,21,24). The molecular weight excluding hydrogens is 314 g/mol. The van der Waals surface area contributed by atoms with Crippen LogP contribution in [-0.4, -0.2) is 18.2 Å². The van der Waals surface area contributed by atoms with Gasteiger partial charge in [0.05, 0.1) is 17.4 Å². The summed E-state index contributed by atoms with van der Waals surface area (Å²) in [6.45, 7) is 3.85. The van der Waals surface area contributed by atoms with Gasteiger partial charge in [-0.1, -0.05) is 41.6 Å². The molecule has 0 spiro atoms. The monoisotopic (exact) mass is 333 g/mol. The van der Waals surface area contributed by atoms with E-state index >= 15 is 0 Å². The number of carbonyl (C=O) groups is 1. The Labute approximate surface area is 146 Å². The fourth-order valence-electron chi connectivity index (χ4n) is 3.46. The predicted octanol–water partition coefficient (Wildman–Crippen LogP) is 4.21. The second kappa shape index (κ2) is 5.77. The van der Waals surface area contributed by atoms with E-state index in [1.165, 1.54) is 0 Å². The Morgan fingerprint density at radius 2 is 1.88 bits per heavy atom. The Morgan fingerprint density at radius 1 is 1.12 bits per heavy atom. The van der Waals surface area contributed by atoms with E-state index < -0.39 is 0 Å². The lowest BCUT2D eigenvalue weighted by Crippen LogP contribution is -2.44. The maximum absolute atomic E-state index is 12.4. The van der Waals surface area contributed by atoms with Gasteiger partial charge in [0.25, 0.3) is 0 Å². The van der Waals surface area contributed by atoms with Crippen LogP contribution in [0.2, 0.25) is 0 Å². The van der Waals surface area contributed by atoms with Crippen LogP contribution in [-0.2, 0) is 0 Å². The number of nitrogens with one attached hydrogen (secondary N) is 1. The van der Waals surface area contributed by atoms with E-state index in [0.29, 0.717) is 0 Å². The van der Waals surface area contributed by atoms with Crippen molar-refractivity contribution >= 4 is 11.7 Å². The predicted molar refractivity (Wildman–Crippen MR) is 96.6 cm³/mol. The minimum Gasteiger partial charge on any atom is -0.361 e. The molecule has 1 aliphatic rings. The van der Waals surface area contributed by atoms with Gasteiger partial charge in [0.1, 0.15) is 5.76 Å². The van der Waals surface area contributed by atoms with Gasteiger partial charge >= 0.3 is 6.03 Å². The minimum absolute atomic E-state index is 0.105. The quantitative estimate of drug-likeness (QED) is 0.764. The molecule has 2 aromatic carbocycles. The number of hydrogen-bond acceptors (Lipinski definition) is 3. The molecule has 4 rings (SSSR count). The van der Waals surface area contributed by atoms with Crippen molar-refractivity contribution in [3.05, 3.63) is 71.1 Å². The molecule has 126 valence electrons. The van der Waals surface area contributed by atoms with Crippen LogP contribution in [0, 0.1) is 13.8 Å². The second-order valence-electron chi connectivity index (χ2n) is 6.32. The van der Waals surface area contributed by atoms with Crippen LogP contribution in [0.15, 0.2) is 53.1 Å². The Hall–Kier alpha value is -3.08. The number of anilines is 1. The zero-order valence-corrected chi connectivity index (χ0v) is 14.4. The molecule has 0 fully saturated rings. The zero-order chi connectivity index (χ0) is 17.6. The molecule has 25 heavy (non-hydrogen) atoms. The topological polar surface area (TPSA) is 58.4 Å².